The summed E-state index contributed by atoms with van der Waals surface area (Å²) in [6.07, 6.45) is 2.12. The van der Waals surface area contributed by atoms with Gasteiger partial charge in [-0.25, -0.2) is 0 Å². The molecule has 0 bridgehead atoms. The van der Waals surface area contributed by atoms with Crippen LogP contribution >= 0.6 is 15.9 Å². The van der Waals surface area contributed by atoms with Crippen molar-refractivity contribution < 1.29 is 14.3 Å². The number of carbonyl (C=O) groups excluding carboxylic acids is 1. The lowest BCUT2D eigenvalue weighted by Gasteiger charge is -2.09. The van der Waals surface area contributed by atoms with Crippen LogP contribution < -0.4 is 0 Å². The third-order valence-electron chi connectivity index (χ3n) is 2.52. The van der Waals surface area contributed by atoms with Crippen molar-refractivity contribution >= 4 is 21.9 Å². The van der Waals surface area contributed by atoms with E-state index in [-0.39, 0.29) is 5.97 Å². The summed E-state index contributed by atoms with van der Waals surface area (Å²) >= 11 is 3.44. The monoisotopic (exact) mass is 300 g/mol. The van der Waals surface area contributed by atoms with Gasteiger partial charge in [-0.3, -0.25) is 4.79 Å². The Labute approximate surface area is 110 Å². The van der Waals surface area contributed by atoms with Crippen molar-refractivity contribution in [3.05, 3.63) is 33.8 Å². The molecule has 0 heterocycles. The number of halogens is 1. The van der Waals surface area contributed by atoms with Crippen LogP contribution in [0.15, 0.2) is 22.7 Å². The van der Waals surface area contributed by atoms with E-state index >= 15 is 0 Å². The standard InChI is InChI=1S/C13H17BrO3/c1-16-9-11-8-12(14)7-6-10(11)4-3-5-13(15)17-2/h6-8H,3-5,9H2,1-2H3. The average Bonchev–Trinajstić information content (AvgIpc) is 2.32. The number of rotatable bonds is 6. The first-order valence-corrected chi connectivity index (χ1v) is 6.29. The predicted molar refractivity (Wildman–Crippen MR) is 69.8 cm³/mol. The Hall–Kier alpha value is -0.870. The molecule has 1 aromatic rings. The highest BCUT2D eigenvalue weighted by Gasteiger charge is 2.05. The number of carbonyl (C=O) groups is 1. The first-order valence-electron chi connectivity index (χ1n) is 5.50. The van der Waals surface area contributed by atoms with Crippen molar-refractivity contribution in [1.82, 2.24) is 0 Å². The van der Waals surface area contributed by atoms with Gasteiger partial charge in [0.25, 0.3) is 0 Å². The van der Waals surface area contributed by atoms with Crippen LogP contribution in [0.2, 0.25) is 0 Å². The Morgan fingerprint density at radius 1 is 1.29 bits per heavy atom. The first-order chi connectivity index (χ1) is 8.17. The first kappa shape index (κ1) is 14.2. The molecule has 4 heteroatoms. The number of ether oxygens (including phenoxy) is 2. The molecule has 0 fully saturated rings. The summed E-state index contributed by atoms with van der Waals surface area (Å²) in [6, 6.07) is 6.12. The number of benzene rings is 1. The van der Waals surface area contributed by atoms with Gasteiger partial charge in [0.05, 0.1) is 13.7 Å². The van der Waals surface area contributed by atoms with E-state index in [0.717, 1.165) is 22.9 Å². The van der Waals surface area contributed by atoms with Gasteiger partial charge in [0.1, 0.15) is 0 Å². The van der Waals surface area contributed by atoms with Gasteiger partial charge < -0.3 is 9.47 Å². The molecule has 0 aliphatic heterocycles. The van der Waals surface area contributed by atoms with Gasteiger partial charge in [0, 0.05) is 18.0 Å². The molecule has 0 aliphatic carbocycles. The lowest BCUT2D eigenvalue weighted by atomic mass is 10.0. The van der Waals surface area contributed by atoms with E-state index in [1.165, 1.54) is 12.7 Å². The molecule has 1 aromatic carbocycles. The highest BCUT2D eigenvalue weighted by molar-refractivity contribution is 9.10. The zero-order valence-corrected chi connectivity index (χ0v) is 11.7. The van der Waals surface area contributed by atoms with E-state index in [4.69, 9.17) is 4.74 Å². The molecule has 0 unspecified atom stereocenters. The average molecular weight is 301 g/mol. The molecule has 94 valence electrons. The highest BCUT2D eigenvalue weighted by atomic mass is 79.9. The quantitative estimate of drug-likeness (QED) is 0.757. The van der Waals surface area contributed by atoms with E-state index in [9.17, 15) is 4.79 Å². The molecular weight excluding hydrogens is 284 g/mol. The fraction of sp³-hybridized carbons (Fsp3) is 0.462. The molecular formula is C13H17BrO3. The summed E-state index contributed by atoms with van der Waals surface area (Å²) in [7, 11) is 3.09. The molecule has 0 N–H and O–H groups in total. The normalized spacial score (nSPS) is 10.3. The maximum Gasteiger partial charge on any atom is 0.305 e. The number of esters is 1. The fourth-order valence-electron chi connectivity index (χ4n) is 1.65. The summed E-state index contributed by atoms with van der Waals surface area (Å²) in [5.41, 5.74) is 2.38. The number of aryl methyl sites for hydroxylation is 1. The van der Waals surface area contributed by atoms with Crippen LogP contribution in [-0.2, 0) is 27.3 Å². The van der Waals surface area contributed by atoms with Crippen LogP contribution in [0.1, 0.15) is 24.0 Å². The van der Waals surface area contributed by atoms with E-state index < -0.39 is 0 Å². The molecule has 0 aromatic heterocycles. The molecule has 0 spiro atoms. The second-order valence-corrected chi connectivity index (χ2v) is 4.69. The minimum atomic E-state index is -0.157. The second-order valence-electron chi connectivity index (χ2n) is 3.78. The van der Waals surface area contributed by atoms with Crippen molar-refractivity contribution in [3.63, 3.8) is 0 Å². The van der Waals surface area contributed by atoms with E-state index in [2.05, 4.69) is 32.8 Å². The van der Waals surface area contributed by atoms with Gasteiger partial charge >= 0.3 is 5.97 Å². The van der Waals surface area contributed by atoms with Crippen molar-refractivity contribution in [2.45, 2.75) is 25.9 Å². The lowest BCUT2D eigenvalue weighted by Crippen LogP contribution is -2.02. The van der Waals surface area contributed by atoms with Crippen LogP contribution in [0.25, 0.3) is 0 Å². The van der Waals surface area contributed by atoms with Gasteiger partial charge in [-0.2, -0.15) is 0 Å². The van der Waals surface area contributed by atoms with E-state index in [0.29, 0.717) is 13.0 Å². The fourth-order valence-corrected chi connectivity index (χ4v) is 2.06. The minimum absolute atomic E-state index is 0.157. The molecule has 0 saturated carbocycles. The second kappa shape index (κ2) is 7.45. The molecule has 0 amide bonds. The van der Waals surface area contributed by atoms with Crippen molar-refractivity contribution in [2.24, 2.45) is 0 Å². The Morgan fingerprint density at radius 3 is 2.71 bits per heavy atom. The Morgan fingerprint density at radius 2 is 2.06 bits per heavy atom. The topological polar surface area (TPSA) is 35.5 Å². The molecule has 0 radical (unpaired) electrons. The summed E-state index contributed by atoms with van der Waals surface area (Å²) < 4.78 is 10.8. The maximum absolute atomic E-state index is 11.0. The van der Waals surface area contributed by atoms with Crippen LogP contribution in [0, 0.1) is 0 Å². The summed E-state index contributed by atoms with van der Waals surface area (Å²) in [5, 5.41) is 0. The predicted octanol–water partition coefficient (Wildman–Crippen LogP) is 3.09. The van der Waals surface area contributed by atoms with Crippen LogP contribution in [0.5, 0.6) is 0 Å². The van der Waals surface area contributed by atoms with Crippen LogP contribution in [-0.4, -0.2) is 20.2 Å². The number of methoxy groups -OCH3 is 2. The maximum atomic E-state index is 11.0. The molecule has 0 aliphatic rings. The number of hydrogen-bond acceptors (Lipinski definition) is 3. The van der Waals surface area contributed by atoms with Gasteiger partial charge in [-0.1, -0.05) is 22.0 Å². The van der Waals surface area contributed by atoms with E-state index in [1.807, 2.05) is 6.07 Å². The molecule has 17 heavy (non-hydrogen) atoms. The van der Waals surface area contributed by atoms with Gasteiger partial charge in [0.2, 0.25) is 0 Å². The van der Waals surface area contributed by atoms with Crippen LogP contribution in [0.3, 0.4) is 0 Å². The SMILES string of the molecule is COCc1cc(Br)ccc1CCCC(=O)OC. The highest BCUT2D eigenvalue weighted by Crippen LogP contribution is 2.19. The third kappa shape index (κ3) is 4.88. The van der Waals surface area contributed by atoms with Crippen LogP contribution in [0.4, 0.5) is 0 Å². The Bertz CT molecular complexity index is 377. The Balaban J connectivity index is 2.60. The largest absolute Gasteiger partial charge is 0.469 e. The smallest absolute Gasteiger partial charge is 0.305 e. The lowest BCUT2D eigenvalue weighted by molar-refractivity contribution is -0.140. The summed E-state index contributed by atoms with van der Waals surface area (Å²) in [4.78, 5) is 11.0. The molecule has 0 atom stereocenters. The summed E-state index contributed by atoms with van der Waals surface area (Å²) in [5.74, 6) is -0.157. The number of hydrogen-bond donors (Lipinski definition) is 0. The van der Waals surface area contributed by atoms with Crippen molar-refractivity contribution in [1.29, 1.82) is 0 Å². The minimum Gasteiger partial charge on any atom is -0.469 e. The molecule has 1 rings (SSSR count). The van der Waals surface area contributed by atoms with Crippen molar-refractivity contribution in [2.75, 3.05) is 14.2 Å². The van der Waals surface area contributed by atoms with E-state index in [1.54, 1.807) is 7.11 Å². The van der Waals surface area contributed by atoms with Gasteiger partial charge in [-0.05, 0) is 36.1 Å². The zero-order chi connectivity index (χ0) is 12.7. The zero-order valence-electron chi connectivity index (χ0n) is 10.2. The van der Waals surface area contributed by atoms with Gasteiger partial charge in [0.15, 0.2) is 0 Å². The summed E-state index contributed by atoms with van der Waals surface area (Å²) in [6.45, 7) is 0.590. The van der Waals surface area contributed by atoms with Gasteiger partial charge in [-0.15, -0.1) is 0 Å². The molecule has 3 nitrogen and oxygen atoms in total. The molecule has 0 saturated heterocycles. The third-order valence-corrected chi connectivity index (χ3v) is 3.02. The van der Waals surface area contributed by atoms with Crippen molar-refractivity contribution in [3.8, 4) is 0 Å². The Kier molecular flexibility index (Phi) is 6.22.